The molecule has 26 heavy (non-hydrogen) atoms. The van der Waals surface area contributed by atoms with Crippen molar-refractivity contribution in [1.29, 1.82) is 0 Å². The van der Waals surface area contributed by atoms with Crippen LogP contribution in [0.3, 0.4) is 0 Å². The van der Waals surface area contributed by atoms with Gasteiger partial charge in [-0.2, -0.15) is 5.10 Å². The Balaban J connectivity index is 1.50. The Kier molecular flexibility index (Phi) is 4.24. The number of aromatic nitrogens is 4. The quantitative estimate of drug-likeness (QED) is 0.723. The Labute approximate surface area is 149 Å². The van der Waals surface area contributed by atoms with E-state index in [1.54, 1.807) is 18.3 Å². The molecule has 0 radical (unpaired) electrons. The van der Waals surface area contributed by atoms with Gasteiger partial charge in [-0.05, 0) is 36.5 Å². The third-order valence-corrected chi connectivity index (χ3v) is 4.77. The van der Waals surface area contributed by atoms with Gasteiger partial charge in [0.2, 0.25) is 0 Å². The average Bonchev–Trinajstić information content (AvgIpc) is 3.31. The summed E-state index contributed by atoms with van der Waals surface area (Å²) in [6.07, 6.45) is 5.03. The van der Waals surface area contributed by atoms with Gasteiger partial charge in [-0.3, -0.25) is 5.10 Å². The number of fused-ring (bicyclic) bond motifs is 1. The highest BCUT2D eigenvalue weighted by atomic mass is 19.1. The van der Waals surface area contributed by atoms with Crippen LogP contribution in [-0.2, 0) is 11.2 Å². The first-order valence-electron chi connectivity index (χ1n) is 8.41. The maximum atomic E-state index is 13.8. The fraction of sp³-hybridized carbons (Fsp3) is 0.333. The second-order valence-corrected chi connectivity index (χ2v) is 6.44. The number of carbonyl (C=O) groups excluding carboxylic acids is 1. The normalized spacial score (nSPS) is 17.0. The zero-order valence-electron chi connectivity index (χ0n) is 14.3. The van der Waals surface area contributed by atoms with Crippen LogP contribution in [0.4, 0.5) is 10.2 Å². The van der Waals surface area contributed by atoms with Gasteiger partial charge in [0.1, 0.15) is 18.0 Å². The summed E-state index contributed by atoms with van der Waals surface area (Å²) in [4.78, 5) is 22.5. The van der Waals surface area contributed by atoms with Gasteiger partial charge in [-0.25, -0.2) is 19.2 Å². The second-order valence-electron chi connectivity index (χ2n) is 6.44. The van der Waals surface area contributed by atoms with Gasteiger partial charge in [-0.1, -0.05) is 6.07 Å². The Morgan fingerprint density at radius 2 is 2.31 bits per heavy atom. The predicted molar refractivity (Wildman–Crippen MR) is 93.4 cm³/mol. The zero-order valence-corrected chi connectivity index (χ0v) is 14.3. The molecule has 134 valence electrons. The molecule has 8 heteroatoms. The van der Waals surface area contributed by atoms with Crippen molar-refractivity contribution >= 4 is 22.8 Å². The molecule has 1 aliphatic rings. The summed E-state index contributed by atoms with van der Waals surface area (Å²) in [6.45, 7) is 1.72. The minimum absolute atomic E-state index is 0.0178. The minimum Gasteiger partial charge on any atom is -0.465 e. The van der Waals surface area contributed by atoms with Gasteiger partial charge < -0.3 is 9.64 Å². The van der Waals surface area contributed by atoms with Crippen LogP contribution >= 0.6 is 0 Å². The van der Waals surface area contributed by atoms with Gasteiger partial charge in [0, 0.05) is 13.1 Å². The highest BCUT2D eigenvalue weighted by Gasteiger charge is 2.26. The first-order valence-corrected chi connectivity index (χ1v) is 8.41. The molecule has 2 aromatic heterocycles. The number of rotatable bonds is 4. The lowest BCUT2D eigenvalue weighted by atomic mass is 9.97. The third-order valence-electron chi connectivity index (χ3n) is 4.77. The summed E-state index contributed by atoms with van der Waals surface area (Å²) in [5.41, 5.74) is 1.63. The largest absolute Gasteiger partial charge is 0.465 e. The molecule has 0 bridgehead atoms. The van der Waals surface area contributed by atoms with E-state index in [1.165, 1.54) is 19.5 Å². The van der Waals surface area contributed by atoms with E-state index in [0.717, 1.165) is 48.3 Å². The molecule has 1 fully saturated rings. The lowest BCUT2D eigenvalue weighted by Gasteiger charge is -2.18. The summed E-state index contributed by atoms with van der Waals surface area (Å²) >= 11 is 0. The molecular formula is C18H18FN5O2. The van der Waals surface area contributed by atoms with E-state index in [1.807, 2.05) is 0 Å². The molecule has 1 unspecified atom stereocenters. The van der Waals surface area contributed by atoms with Crippen molar-refractivity contribution in [3.63, 3.8) is 0 Å². The van der Waals surface area contributed by atoms with Crippen molar-refractivity contribution in [2.24, 2.45) is 5.92 Å². The van der Waals surface area contributed by atoms with Crippen molar-refractivity contribution in [1.82, 2.24) is 20.2 Å². The van der Waals surface area contributed by atoms with E-state index in [0.29, 0.717) is 5.92 Å². The first-order chi connectivity index (χ1) is 12.7. The molecular weight excluding hydrogens is 337 g/mol. The number of aromatic amines is 1. The monoisotopic (exact) mass is 355 g/mol. The van der Waals surface area contributed by atoms with Gasteiger partial charge in [0.15, 0.2) is 5.65 Å². The summed E-state index contributed by atoms with van der Waals surface area (Å²) in [5.74, 6) is 0.0567. The molecule has 0 spiro atoms. The number of carbonyl (C=O) groups is 1. The van der Waals surface area contributed by atoms with E-state index >= 15 is 0 Å². The number of hydrogen-bond donors (Lipinski definition) is 1. The summed E-state index contributed by atoms with van der Waals surface area (Å²) in [6, 6.07) is 4.64. The van der Waals surface area contributed by atoms with Crippen molar-refractivity contribution in [3.8, 4) is 0 Å². The smallest absolute Gasteiger partial charge is 0.340 e. The maximum Gasteiger partial charge on any atom is 0.340 e. The number of anilines is 1. The number of nitrogens with one attached hydrogen (secondary N) is 1. The van der Waals surface area contributed by atoms with Crippen molar-refractivity contribution in [3.05, 3.63) is 47.7 Å². The van der Waals surface area contributed by atoms with Crippen molar-refractivity contribution in [2.45, 2.75) is 12.8 Å². The second kappa shape index (κ2) is 6.70. The van der Waals surface area contributed by atoms with Gasteiger partial charge >= 0.3 is 5.97 Å². The van der Waals surface area contributed by atoms with Crippen LogP contribution in [0.25, 0.3) is 11.0 Å². The van der Waals surface area contributed by atoms with Crippen molar-refractivity contribution in [2.75, 3.05) is 25.1 Å². The maximum absolute atomic E-state index is 13.8. The van der Waals surface area contributed by atoms with Crippen LogP contribution in [0.15, 0.2) is 30.7 Å². The Morgan fingerprint density at radius 3 is 3.15 bits per heavy atom. The summed E-state index contributed by atoms with van der Waals surface area (Å²) < 4.78 is 18.4. The zero-order chi connectivity index (χ0) is 18.1. The van der Waals surface area contributed by atoms with Crippen LogP contribution < -0.4 is 4.90 Å². The number of ether oxygens (including phenoxy) is 1. The third kappa shape index (κ3) is 2.98. The van der Waals surface area contributed by atoms with Crippen LogP contribution in [0.2, 0.25) is 0 Å². The molecule has 4 rings (SSSR count). The van der Waals surface area contributed by atoms with Crippen LogP contribution in [0.1, 0.15) is 22.3 Å². The molecule has 1 atom stereocenters. The van der Waals surface area contributed by atoms with E-state index < -0.39 is 11.8 Å². The molecule has 0 saturated carbocycles. The molecule has 3 heterocycles. The van der Waals surface area contributed by atoms with Crippen LogP contribution in [0.5, 0.6) is 0 Å². The SMILES string of the molecule is COC(=O)c1cc(CC2CCN(c3ncnc4[nH]ncc34)C2)ccc1F. The highest BCUT2D eigenvalue weighted by molar-refractivity contribution is 5.89. The van der Waals surface area contributed by atoms with Gasteiger partial charge in [0.05, 0.1) is 24.3 Å². The Hall–Kier alpha value is -3.03. The van der Waals surface area contributed by atoms with E-state index in [9.17, 15) is 9.18 Å². The number of H-pyrrole nitrogens is 1. The van der Waals surface area contributed by atoms with Gasteiger partial charge in [0.25, 0.3) is 0 Å². The number of nitrogens with zero attached hydrogens (tertiary/aromatic N) is 4. The lowest BCUT2D eigenvalue weighted by Crippen LogP contribution is -2.21. The summed E-state index contributed by atoms with van der Waals surface area (Å²) in [7, 11) is 1.25. The molecule has 0 amide bonds. The Bertz CT molecular complexity index is 958. The minimum atomic E-state index is -0.652. The molecule has 1 saturated heterocycles. The molecule has 7 nitrogen and oxygen atoms in total. The average molecular weight is 355 g/mol. The van der Waals surface area contributed by atoms with Crippen molar-refractivity contribution < 1.29 is 13.9 Å². The van der Waals surface area contributed by atoms with E-state index in [-0.39, 0.29) is 5.56 Å². The number of benzene rings is 1. The molecule has 1 aromatic carbocycles. The van der Waals surface area contributed by atoms with Gasteiger partial charge in [-0.15, -0.1) is 0 Å². The lowest BCUT2D eigenvalue weighted by molar-refractivity contribution is 0.0595. The van der Waals surface area contributed by atoms with Crippen LogP contribution in [-0.4, -0.2) is 46.3 Å². The summed E-state index contributed by atoms with van der Waals surface area (Å²) in [5, 5.41) is 7.79. The molecule has 1 N–H and O–H groups in total. The Morgan fingerprint density at radius 1 is 1.42 bits per heavy atom. The van der Waals surface area contributed by atoms with E-state index in [2.05, 4.69) is 29.8 Å². The topological polar surface area (TPSA) is 84.0 Å². The molecule has 0 aliphatic carbocycles. The fourth-order valence-corrected chi connectivity index (χ4v) is 3.49. The van der Waals surface area contributed by atoms with E-state index in [4.69, 9.17) is 0 Å². The number of esters is 1. The first kappa shape index (κ1) is 16.4. The molecule has 3 aromatic rings. The number of halogens is 1. The van der Waals surface area contributed by atoms with Crippen LogP contribution in [0, 0.1) is 11.7 Å². The number of methoxy groups -OCH3 is 1. The standard InChI is InChI=1S/C18H18FN5O2/c1-26-18(25)13-7-11(2-3-15(13)19)6-12-4-5-24(9-12)17-14-8-22-23-16(14)20-10-21-17/h2-3,7-8,10,12H,4-6,9H2,1H3,(H,20,21,22,23). The number of hydrogen-bond acceptors (Lipinski definition) is 6. The fourth-order valence-electron chi connectivity index (χ4n) is 3.49. The highest BCUT2D eigenvalue weighted by Crippen LogP contribution is 2.29. The predicted octanol–water partition coefficient (Wildman–Crippen LogP) is 2.35. The molecule has 1 aliphatic heterocycles.